The van der Waals surface area contributed by atoms with Crippen LogP contribution in [0.25, 0.3) is 11.1 Å². The smallest absolute Gasteiger partial charge is 0.448 e. The van der Waals surface area contributed by atoms with Crippen LogP contribution in [0.5, 0.6) is 0 Å². The zero-order valence-corrected chi connectivity index (χ0v) is 16.9. The van der Waals surface area contributed by atoms with Crippen molar-refractivity contribution < 1.29 is 36.6 Å². The summed E-state index contributed by atoms with van der Waals surface area (Å²) in [7, 11) is -2.86. The lowest BCUT2D eigenvalue weighted by Gasteiger charge is -2.25. The minimum Gasteiger partial charge on any atom is -0.465 e. The number of ether oxygens (including phenoxy) is 1. The van der Waals surface area contributed by atoms with E-state index in [1.807, 2.05) is 0 Å². The molecule has 2 aromatic rings. The first-order valence-corrected chi connectivity index (χ1v) is 10.3. The van der Waals surface area contributed by atoms with E-state index in [0.717, 1.165) is 19.2 Å². The van der Waals surface area contributed by atoms with Crippen LogP contribution in [0.4, 0.5) is 13.2 Å². The Bertz CT molecular complexity index is 1030. The van der Waals surface area contributed by atoms with Crippen LogP contribution in [-0.4, -0.2) is 36.2 Å². The SMILES string of the molecule is COC(=O)c1c(C#N)nc(C)c([P+]2(O)OCCCO2)c1-c1ccccc1C(F)(F)F. The quantitative estimate of drug-likeness (QED) is 0.574. The van der Waals surface area contributed by atoms with Gasteiger partial charge in [-0.05, 0) is 18.6 Å². The number of aryl methyl sites for hydroxylation is 1. The molecule has 1 fully saturated rings. The Balaban J connectivity index is 2.50. The molecule has 158 valence electrons. The van der Waals surface area contributed by atoms with E-state index in [9.17, 15) is 28.1 Å². The van der Waals surface area contributed by atoms with E-state index in [1.165, 1.54) is 19.1 Å². The number of hydrogen-bond donors (Lipinski definition) is 1. The van der Waals surface area contributed by atoms with Crippen molar-refractivity contribution in [1.29, 1.82) is 5.26 Å². The molecule has 30 heavy (non-hydrogen) atoms. The second-order valence-electron chi connectivity index (χ2n) is 6.33. The van der Waals surface area contributed by atoms with E-state index in [2.05, 4.69) is 4.98 Å². The van der Waals surface area contributed by atoms with E-state index in [4.69, 9.17) is 13.8 Å². The minimum atomic E-state index is -4.78. The number of esters is 1. The lowest BCUT2D eigenvalue weighted by Crippen LogP contribution is -2.29. The summed E-state index contributed by atoms with van der Waals surface area (Å²) in [4.78, 5) is 27.7. The number of hydrogen-bond acceptors (Lipinski definition) is 7. The molecule has 0 amide bonds. The lowest BCUT2D eigenvalue weighted by molar-refractivity contribution is -0.137. The highest BCUT2D eigenvalue weighted by Gasteiger charge is 2.52. The first kappa shape index (κ1) is 22.1. The molecule has 0 aliphatic carbocycles. The summed E-state index contributed by atoms with van der Waals surface area (Å²) in [5.41, 5.74) is -2.73. The molecule has 2 heterocycles. The normalized spacial score (nSPS) is 16.0. The topological polar surface area (TPSA) is 102 Å². The molecule has 1 aliphatic rings. The fourth-order valence-electron chi connectivity index (χ4n) is 3.23. The summed E-state index contributed by atoms with van der Waals surface area (Å²) in [6.07, 6.45) is -4.30. The van der Waals surface area contributed by atoms with E-state index < -0.39 is 42.5 Å². The molecule has 1 saturated heterocycles. The van der Waals surface area contributed by atoms with Crippen LogP contribution in [0.15, 0.2) is 24.3 Å². The molecule has 11 heteroatoms. The molecule has 0 radical (unpaired) electrons. The van der Waals surface area contributed by atoms with Gasteiger partial charge in [-0.3, -0.25) is 0 Å². The average Bonchev–Trinajstić information content (AvgIpc) is 2.72. The lowest BCUT2D eigenvalue weighted by atomic mass is 9.93. The van der Waals surface area contributed by atoms with Gasteiger partial charge in [0.1, 0.15) is 24.8 Å². The van der Waals surface area contributed by atoms with Gasteiger partial charge in [-0.25, -0.2) is 9.78 Å². The predicted octanol–water partition coefficient (Wildman–Crippen LogP) is 3.55. The number of carbonyl (C=O) groups excluding carboxylic acids is 1. The molecular weight excluding hydrogens is 424 g/mol. The van der Waals surface area contributed by atoms with Crippen molar-refractivity contribution in [2.24, 2.45) is 0 Å². The molecule has 3 rings (SSSR count). The third-order valence-electron chi connectivity index (χ3n) is 4.45. The number of nitrogens with zero attached hydrogens (tertiary/aromatic N) is 2. The van der Waals surface area contributed by atoms with Crippen molar-refractivity contribution in [2.45, 2.75) is 19.5 Å². The zero-order chi connectivity index (χ0) is 22.1. The van der Waals surface area contributed by atoms with Crippen LogP contribution in [-0.2, 0) is 20.0 Å². The fourth-order valence-corrected chi connectivity index (χ4v) is 5.29. The maximum atomic E-state index is 13.8. The third-order valence-corrected chi connectivity index (χ3v) is 6.62. The highest BCUT2D eigenvalue weighted by molar-refractivity contribution is 7.69. The van der Waals surface area contributed by atoms with E-state index in [0.29, 0.717) is 6.42 Å². The van der Waals surface area contributed by atoms with Crippen molar-refractivity contribution >= 4 is 19.2 Å². The third kappa shape index (κ3) is 3.89. The zero-order valence-electron chi connectivity index (χ0n) is 16.0. The number of halogens is 3. The number of benzene rings is 1. The first-order valence-electron chi connectivity index (χ1n) is 8.75. The van der Waals surface area contributed by atoms with Crippen molar-refractivity contribution in [3.63, 3.8) is 0 Å². The summed E-state index contributed by atoms with van der Waals surface area (Å²) in [6, 6.07) is 6.25. The summed E-state index contributed by atoms with van der Waals surface area (Å²) in [6.45, 7) is 1.62. The van der Waals surface area contributed by atoms with Crippen LogP contribution < -0.4 is 5.30 Å². The van der Waals surface area contributed by atoms with Crippen LogP contribution in [0.1, 0.15) is 33.7 Å². The Morgan fingerprint density at radius 1 is 1.30 bits per heavy atom. The van der Waals surface area contributed by atoms with Gasteiger partial charge in [0.25, 0.3) is 0 Å². The Morgan fingerprint density at radius 3 is 2.50 bits per heavy atom. The summed E-state index contributed by atoms with van der Waals surface area (Å²) >= 11 is 0. The number of aromatic nitrogens is 1. The number of rotatable bonds is 3. The number of alkyl halides is 3. The predicted molar refractivity (Wildman–Crippen MR) is 101 cm³/mol. The second-order valence-corrected chi connectivity index (χ2v) is 8.34. The molecule has 7 nitrogen and oxygen atoms in total. The van der Waals surface area contributed by atoms with Gasteiger partial charge < -0.3 is 4.74 Å². The van der Waals surface area contributed by atoms with Crippen molar-refractivity contribution in [3.05, 3.63) is 46.8 Å². The molecule has 0 bridgehead atoms. The standard InChI is InChI=1S/C19H17F3N2O5P/c1-11-17(30(26)28-8-5-9-29-30)15(16(18(25)27-2)14(10-23)24-11)12-6-3-4-7-13(12)19(20,21)22/h3-4,6-7,26H,5,8-9H2,1-2H3/q+1. The average molecular weight is 441 g/mol. The van der Waals surface area contributed by atoms with Gasteiger partial charge in [-0.15, -0.1) is 0 Å². The first-order chi connectivity index (χ1) is 14.1. The van der Waals surface area contributed by atoms with E-state index in [-0.39, 0.29) is 29.8 Å². The van der Waals surface area contributed by atoms with Gasteiger partial charge in [0.15, 0.2) is 5.69 Å². The number of methoxy groups -OCH3 is 1. The van der Waals surface area contributed by atoms with Gasteiger partial charge in [0, 0.05) is 6.42 Å². The second kappa shape index (κ2) is 8.28. The summed E-state index contributed by atoms with van der Waals surface area (Å²) in [5, 5.41) is 9.31. The van der Waals surface area contributed by atoms with Crippen LogP contribution in [0.3, 0.4) is 0 Å². The monoisotopic (exact) mass is 441 g/mol. The molecule has 0 saturated carbocycles. The van der Waals surface area contributed by atoms with Gasteiger partial charge in [0.05, 0.1) is 23.9 Å². The van der Waals surface area contributed by atoms with Gasteiger partial charge in [-0.1, -0.05) is 18.2 Å². The number of nitriles is 1. The Morgan fingerprint density at radius 2 is 1.93 bits per heavy atom. The van der Waals surface area contributed by atoms with Gasteiger partial charge in [0.2, 0.25) is 5.30 Å². The van der Waals surface area contributed by atoms with Gasteiger partial charge in [-0.2, -0.15) is 32.4 Å². The molecular formula is C19H17F3N2O5P+. The minimum absolute atomic E-state index is 0.0175. The Hall–Kier alpha value is -2.57. The van der Waals surface area contributed by atoms with Crippen molar-refractivity contribution in [3.8, 4) is 17.2 Å². The summed E-state index contributed by atoms with van der Waals surface area (Å²) in [5.74, 6) is -1.07. The van der Waals surface area contributed by atoms with E-state index in [1.54, 1.807) is 6.07 Å². The van der Waals surface area contributed by atoms with Crippen molar-refractivity contribution in [2.75, 3.05) is 20.3 Å². The van der Waals surface area contributed by atoms with Gasteiger partial charge >= 0.3 is 20.1 Å². The maximum absolute atomic E-state index is 13.8. The van der Waals surface area contributed by atoms with Crippen LogP contribution >= 0.6 is 7.94 Å². The van der Waals surface area contributed by atoms with Crippen molar-refractivity contribution in [1.82, 2.24) is 4.98 Å². The highest BCUT2D eigenvalue weighted by atomic mass is 31.2. The molecule has 0 unspecified atom stereocenters. The number of pyridine rings is 1. The molecule has 0 spiro atoms. The van der Waals surface area contributed by atoms with Crippen LogP contribution in [0, 0.1) is 18.3 Å². The highest BCUT2D eigenvalue weighted by Crippen LogP contribution is 2.60. The Labute approximate surface area is 170 Å². The van der Waals surface area contributed by atoms with Crippen LogP contribution in [0.2, 0.25) is 0 Å². The maximum Gasteiger partial charge on any atom is 0.448 e. The largest absolute Gasteiger partial charge is 0.465 e. The fraction of sp³-hybridized carbons (Fsp3) is 0.316. The molecule has 1 aromatic heterocycles. The molecule has 1 aromatic carbocycles. The molecule has 1 N–H and O–H groups in total. The number of carbonyl (C=O) groups is 1. The molecule has 1 aliphatic heterocycles. The Kier molecular flexibility index (Phi) is 6.11. The summed E-state index contributed by atoms with van der Waals surface area (Å²) < 4.78 is 57.0. The van der Waals surface area contributed by atoms with E-state index >= 15 is 0 Å². The molecule has 0 atom stereocenters.